The molecule has 0 saturated carbocycles. The number of ether oxygens (including phenoxy) is 1. The van der Waals surface area contributed by atoms with Crippen LogP contribution in [0.1, 0.15) is 44.5 Å². The van der Waals surface area contributed by atoms with E-state index < -0.39 is 24.4 Å². The Labute approximate surface area is 178 Å². The number of rotatable bonds is 8. The van der Waals surface area contributed by atoms with Gasteiger partial charge in [-0.25, -0.2) is 4.79 Å². The van der Waals surface area contributed by atoms with E-state index in [4.69, 9.17) is 15.6 Å². The lowest BCUT2D eigenvalue weighted by molar-refractivity contribution is -0.119. The van der Waals surface area contributed by atoms with Crippen molar-refractivity contribution in [1.82, 2.24) is 0 Å². The van der Waals surface area contributed by atoms with Crippen LogP contribution in [-0.4, -0.2) is 42.6 Å². The molecule has 30 heavy (non-hydrogen) atoms. The number of fused-ring (bicyclic) bond motifs is 1. The summed E-state index contributed by atoms with van der Waals surface area (Å²) in [7, 11) is 0. The lowest BCUT2D eigenvalue weighted by Crippen LogP contribution is -2.23. The van der Waals surface area contributed by atoms with Gasteiger partial charge < -0.3 is 26.2 Å². The van der Waals surface area contributed by atoms with Gasteiger partial charge in [-0.3, -0.25) is 9.59 Å². The second kappa shape index (κ2) is 9.73. The number of hydrogen-bond acceptors (Lipinski definition) is 7. The summed E-state index contributed by atoms with van der Waals surface area (Å²) in [5.41, 5.74) is 7.60. The number of nitrogens with two attached hydrogens (primary N) is 1. The summed E-state index contributed by atoms with van der Waals surface area (Å²) in [6.07, 6.45) is 2.58. The number of anilines is 2. The van der Waals surface area contributed by atoms with Crippen molar-refractivity contribution in [3.05, 3.63) is 45.8 Å². The maximum absolute atomic E-state index is 12.4. The third-order valence-electron chi connectivity index (χ3n) is 4.92. The minimum absolute atomic E-state index is 0.0858. The molecule has 2 aromatic rings. The Hall–Kier alpha value is -2.91. The minimum Gasteiger partial charge on any atom is -0.452 e. The number of thiophene rings is 1. The maximum atomic E-state index is 12.4. The van der Waals surface area contributed by atoms with Crippen LogP contribution in [0.2, 0.25) is 0 Å². The Morgan fingerprint density at radius 1 is 1.30 bits per heavy atom. The average molecular weight is 432 g/mol. The molecule has 1 heterocycles. The number of carbonyl (C=O) groups is 3. The monoisotopic (exact) mass is 431 g/mol. The number of esters is 1. The predicted molar refractivity (Wildman–Crippen MR) is 115 cm³/mol. The van der Waals surface area contributed by atoms with Gasteiger partial charge in [0.05, 0.1) is 17.7 Å². The molecule has 1 atom stereocenters. The van der Waals surface area contributed by atoms with Gasteiger partial charge in [-0.1, -0.05) is 19.1 Å². The molecule has 0 saturated heterocycles. The lowest BCUT2D eigenvalue weighted by atomic mass is 9.88. The third kappa shape index (κ3) is 4.98. The largest absolute Gasteiger partial charge is 0.452 e. The van der Waals surface area contributed by atoms with Crippen molar-refractivity contribution in [2.24, 2.45) is 11.7 Å². The Kier molecular flexibility index (Phi) is 7.07. The summed E-state index contributed by atoms with van der Waals surface area (Å²) in [4.78, 5) is 37.8. The quantitative estimate of drug-likeness (QED) is 0.474. The van der Waals surface area contributed by atoms with Crippen LogP contribution in [-0.2, 0) is 22.4 Å². The average Bonchev–Trinajstić information content (AvgIpc) is 3.07. The molecule has 0 radical (unpaired) electrons. The normalized spacial score (nSPS) is 15.2. The van der Waals surface area contributed by atoms with Gasteiger partial charge in [0.1, 0.15) is 5.00 Å². The van der Waals surface area contributed by atoms with Crippen molar-refractivity contribution < 1.29 is 24.2 Å². The molecule has 9 heteroatoms. The first-order chi connectivity index (χ1) is 14.4. The lowest BCUT2D eigenvalue weighted by Gasteiger charge is -2.18. The number of amides is 2. The highest BCUT2D eigenvalue weighted by Crippen LogP contribution is 2.39. The molecule has 1 aliphatic rings. The first-order valence-corrected chi connectivity index (χ1v) is 10.6. The number of primary amides is 1. The molecule has 1 unspecified atom stereocenters. The highest BCUT2D eigenvalue weighted by atomic mass is 32.1. The molecule has 0 fully saturated rings. The topological polar surface area (TPSA) is 131 Å². The van der Waals surface area contributed by atoms with E-state index in [-0.39, 0.29) is 18.7 Å². The highest BCUT2D eigenvalue weighted by molar-refractivity contribution is 7.17. The van der Waals surface area contributed by atoms with Gasteiger partial charge in [0.2, 0.25) is 0 Å². The van der Waals surface area contributed by atoms with E-state index in [0.29, 0.717) is 22.2 Å². The molecule has 1 aromatic heterocycles. The standard InChI is InChI=1S/C21H25N3O5S/c1-12-6-7-14-16(10-12)30-20(18(14)19(22)27)24-17(26)11-29-21(28)13-4-2-3-5-15(13)23-8-9-25/h2-5,12,23,25H,6-11H2,1H3,(H2,22,27)(H,24,26). The van der Waals surface area contributed by atoms with E-state index in [0.717, 1.165) is 29.7 Å². The smallest absolute Gasteiger partial charge is 0.340 e. The molecule has 0 aliphatic heterocycles. The molecule has 3 rings (SSSR count). The zero-order valence-electron chi connectivity index (χ0n) is 16.7. The summed E-state index contributed by atoms with van der Waals surface area (Å²) in [5.74, 6) is -1.27. The van der Waals surface area contributed by atoms with Gasteiger partial charge in [0.25, 0.3) is 11.8 Å². The van der Waals surface area contributed by atoms with Crippen LogP contribution in [0.25, 0.3) is 0 Å². The fourth-order valence-corrected chi connectivity index (χ4v) is 4.91. The summed E-state index contributed by atoms with van der Waals surface area (Å²) >= 11 is 1.36. The van der Waals surface area contributed by atoms with Crippen LogP contribution in [0.3, 0.4) is 0 Å². The summed E-state index contributed by atoms with van der Waals surface area (Å²) < 4.78 is 5.14. The number of hydrogen-bond donors (Lipinski definition) is 4. The van der Waals surface area contributed by atoms with Crippen molar-refractivity contribution in [2.45, 2.75) is 26.2 Å². The summed E-state index contributed by atoms with van der Waals surface area (Å²) in [6, 6.07) is 6.67. The van der Waals surface area contributed by atoms with Crippen LogP contribution < -0.4 is 16.4 Å². The SMILES string of the molecule is CC1CCc2c(sc(NC(=O)COC(=O)c3ccccc3NCCO)c2C(N)=O)C1. The molecule has 0 spiro atoms. The fourth-order valence-electron chi connectivity index (χ4n) is 3.48. The molecule has 1 aliphatic carbocycles. The zero-order chi connectivity index (χ0) is 21.7. The second-order valence-corrected chi connectivity index (χ2v) is 8.35. The van der Waals surface area contributed by atoms with Crippen LogP contribution in [0.15, 0.2) is 24.3 Å². The summed E-state index contributed by atoms with van der Waals surface area (Å²) in [6.45, 7) is 1.85. The van der Waals surface area contributed by atoms with Crippen LogP contribution in [0, 0.1) is 5.92 Å². The maximum Gasteiger partial charge on any atom is 0.340 e. The van der Waals surface area contributed by atoms with Crippen LogP contribution >= 0.6 is 11.3 Å². The van der Waals surface area contributed by atoms with Crippen molar-refractivity contribution in [3.63, 3.8) is 0 Å². The van der Waals surface area contributed by atoms with E-state index in [2.05, 4.69) is 17.6 Å². The highest BCUT2D eigenvalue weighted by Gasteiger charge is 2.27. The van der Waals surface area contributed by atoms with Gasteiger partial charge in [-0.15, -0.1) is 11.3 Å². The van der Waals surface area contributed by atoms with E-state index >= 15 is 0 Å². The Morgan fingerprint density at radius 2 is 2.07 bits per heavy atom. The van der Waals surface area contributed by atoms with E-state index in [9.17, 15) is 14.4 Å². The Balaban J connectivity index is 1.66. The number of benzene rings is 1. The Bertz CT molecular complexity index is 956. The number of aliphatic hydroxyl groups excluding tert-OH is 1. The van der Waals surface area contributed by atoms with Crippen LogP contribution in [0.4, 0.5) is 10.7 Å². The number of carbonyl (C=O) groups excluding carboxylic acids is 3. The molecular weight excluding hydrogens is 406 g/mol. The minimum atomic E-state index is -0.666. The molecular formula is C21H25N3O5S. The summed E-state index contributed by atoms with van der Waals surface area (Å²) in [5, 5.41) is 15.0. The van der Waals surface area contributed by atoms with Crippen LogP contribution in [0.5, 0.6) is 0 Å². The van der Waals surface area contributed by atoms with Gasteiger partial charge in [0, 0.05) is 17.1 Å². The third-order valence-corrected chi connectivity index (χ3v) is 6.09. The Morgan fingerprint density at radius 3 is 2.80 bits per heavy atom. The predicted octanol–water partition coefficient (Wildman–Crippen LogP) is 2.17. The molecule has 2 amide bonds. The van der Waals surface area contributed by atoms with E-state index in [1.807, 2.05) is 0 Å². The van der Waals surface area contributed by atoms with Gasteiger partial charge in [-0.05, 0) is 42.9 Å². The first-order valence-electron chi connectivity index (χ1n) is 9.75. The molecule has 8 nitrogen and oxygen atoms in total. The second-order valence-electron chi connectivity index (χ2n) is 7.24. The molecule has 5 N–H and O–H groups in total. The molecule has 160 valence electrons. The van der Waals surface area contributed by atoms with Crippen molar-refractivity contribution in [3.8, 4) is 0 Å². The van der Waals surface area contributed by atoms with Crippen molar-refractivity contribution in [2.75, 3.05) is 30.4 Å². The number of nitrogens with one attached hydrogen (secondary N) is 2. The first kappa shape index (κ1) is 21.8. The van der Waals surface area contributed by atoms with E-state index in [1.165, 1.54) is 11.3 Å². The number of para-hydroxylation sites is 1. The van der Waals surface area contributed by atoms with Gasteiger partial charge in [-0.2, -0.15) is 0 Å². The van der Waals surface area contributed by atoms with Gasteiger partial charge >= 0.3 is 5.97 Å². The van der Waals surface area contributed by atoms with Crippen molar-refractivity contribution in [1.29, 1.82) is 0 Å². The van der Waals surface area contributed by atoms with Crippen molar-refractivity contribution >= 4 is 39.8 Å². The zero-order valence-corrected chi connectivity index (χ0v) is 17.5. The fraction of sp³-hybridized carbons (Fsp3) is 0.381. The van der Waals surface area contributed by atoms with Gasteiger partial charge in [0.15, 0.2) is 6.61 Å². The van der Waals surface area contributed by atoms with E-state index in [1.54, 1.807) is 24.3 Å². The number of aliphatic hydroxyl groups is 1. The molecule has 1 aromatic carbocycles. The molecule has 0 bridgehead atoms.